The van der Waals surface area contributed by atoms with Crippen LogP contribution in [0.4, 0.5) is 0 Å². The molecule has 0 spiro atoms. The minimum atomic E-state index is 0.622. The number of furan rings is 1. The van der Waals surface area contributed by atoms with E-state index in [9.17, 15) is 0 Å². The van der Waals surface area contributed by atoms with Crippen LogP contribution in [0.15, 0.2) is 174 Å². The summed E-state index contributed by atoms with van der Waals surface area (Å²) in [5.41, 5.74) is 7.46. The van der Waals surface area contributed by atoms with Gasteiger partial charge in [-0.25, -0.2) is 19.9 Å². The summed E-state index contributed by atoms with van der Waals surface area (Å²) >= 11 is 0. The van der Waals surface area contributed by atoms with Gasteiger partial charge in [0, 0.05) is 49.2 Å². The van der Waals surface area contributed by atoms with E-state index in [1.807, 2.05) is 72.8 Å². The molecule has 0 amide bonds. The van der Waals surface area contributed by atoms with Crippen LogP contribution in [0.5, 0.6) is 0 Å². The SMILES string of the molecule is c1ccc(-c2nc(-c3ccccc3)nc(-c3c4ccccc4c(-c4nc5ccccc5c5c4ccc4c6ccccc6oc45)c4ccccc34)n2)cc1. The van der Waals surface area contributed by atoms with E-state index in [1.165, 1.54) is 0 Å². The first-order chi connectivity index (χ1) is 26.3. The fourth-order valence-electron chi connectivity index (χ4n) is 7.95. The lowest BCUT2D eigenvalue weighted by Crippen LogP contribution is -2.02. The van der Waals surface area contributed by atoms with Gasteiger partial charge in [-0.3, -0.25) is 0 Å². The molecule has 11 rings (SSSR count). The molecule has 0 radical (unpaired) electrons. The fourth-order valence-corrected chi connectivity index (χ4v) is 7.95. The van der Waals surface area contributed by atoms with Gasteiger partial charge in [-0.05, 0) is 39.7 Å². The molecule has 3 heterocycles. The van der Waals surface area contributed by atoms with Crippen LogP contribution >= 0.6 is 0 Å². The maximum Gasteiger partial charge on any atom is 0.165 e. The number of rotatable bonds is 4. The molecule has 0 unspecified atom stereocenters. The van der Waals surface area contributed by atoms with Crippen LogP contribution in [-0.2, 0) is 0 Å². The standard InChI is InChI=1S/C48H28N4O/c1-3-15-29(16-4-1)46-50-47(30-17-5-2-6-18-30)52-48(51-46)43-34-22-9-7-20-32(34)41(33-21-8-10-23-35(33)43)44-38-28-27-36-31-19-12-14-26-40(31)53-45(36)42(38)37-24-11-13-25-39(37)49-44/h1-28H. The third kappa shape index (κ3) is 4.57. The maximum absolute atomic E-state index is 6.66. The van der Waals surface area contributed by atoms with Gasteiger partial charge in [0.2, 0.25) is 0 Å². The van der Waals surface area contributed by atoms with Crippen molar-refractivity contribution in [2.45, 2.75) is 0 Å². The lowest BCUT2D eigenvalue weighted by atomic mass is 9.87. The highest BCUT2D eigenvalue weighted by molar-refractivity contribution is 6.28. The number of hydrogen-bond acceptors (Lipinski definition) is 5. The van der Waals surface area contributed by atoms with Gasteiger partial charge in [-0.2, -0.15) is 0 Å². The molecule has 3 aromatic heterocycles. The molecule has 8 aromatic carbocycles. The van der Waals surface area contributed by atoms with Crippen LogP contribution in [0, 0.1) is 0 Å². The minimum absolute atomic E-state index is 0.622. The molecule has 0 aliphatic rings. The molecule has 246 valence electrons. The van der Waals surface area contributed by atoms with E-state index in [-0.39, 0.29) is 0 Å². The number of benzene rings is 8. The van der Waals surface area contributed by atoms with E-state index in [1.54, 1.807) is 0 Å². The number of pyridine rings is 1. The van der Waals surface area contributed by atoms with Crippen molar-refractivity contribution in [1.29, 1.82) is 0 Å². The average Bonchev–Trinajstić information content (AvgIpc) is 3.62. The van der Waals surface area contributed by atoms with Crippen molar-refractivity contribution in [3.63, 3.8) is 0 Å². The molecule has 0 saturated heterocycles. The zero-order valence-corrected chi connectivity index (χ0v) is 28.4. The van der Waals surface area contributed by atoms with Gasteiger partial charge >= 0.3 is 0 Å². The Bertz CT molecular complexity index is 3110. The second-order valence-corrected chi connectivity index (χ2v) is 13.3. The highest BCUT2D eigenvalue weighted by atomic mass is 16.3. The van der Waals surface area contributed by atoms with Crippen molar-refractivity contribution >= 4 is 65.2 Å². The van der Waals surface area contributed by atoms with Crippen LogP contribution in [0.25, 0.3) is 111 Å². The number of aromatic nitrogens is 4. The number of para-hydroxylation sites is 2. The molecular formula is C48H28N4O. The highest BCUT2D eigenvalue weighted by Gasteiger charge is 2.24. The third-order valence-corrected chi connectivity index (χ3v) is 10.3. The summed E-state index contributed by atoms with van der Waals surface area (Å²) in [6.45, 7) is 0. The largest absolute Gasteiger partial charge is 0.455 e. The third-order valence-electron chi connectivity index (χ3n) is 10.3. The van der Waals surface area contributed by atoms with E-state index >= 15 is 0 Å². The van der Waals surface area contributed by atoms with Crippen LogP contribution < -0.4 is 0 Å². The highest BCUT2D eigenvalue weighted by Crippen LogP contribution is 2.47. The molecule has 0 N–H and O–H groups in total. The van der Waals surface area contributed by atoms with Gasteiger partial charge in [0.25, 0.3) is 0 Å². The summed E-state index contributed by atoms with van der Waals surface area (Å²) in [6, 6.07) is 58.4. The van der Waals surface area contributed by atoms with Crippen molar-refractivity contribution in [2.24, 2.45) is 0 Å². The molecule has 5 nitrogen and oxygen atoms in total. The monoisotopic (exact) mass is 676 g/mol. The average molecular weight is 677 g/mol. The fraction of sp³-hybridized carbons (Fsp3) is 0. The van der Waals surface area contributed by atoms with Crippen molar-refractivity contribution in [3.8, 4) is 45.4 Å². The number of nitrogens with zero attached hydrogens (tertiary/aromatic N) is 4. The predicted molar refractivity (Wildman–Crippen MR) is 217 cm³/mol. The molecule has 53 heavy (non-hydrogen) atoms. The van der Waals surface area contributed by atoms with E-state index in [2.05, 4.69) is 97.1 Å². The quantitative estimate of drug-likeness (QED) is 0.137. The smallest absolute Gasteiger partial charge is 0.165 e. The van der Waals surface area contributed by atoms with Gasteiger partial charge in [-0.15, -0.1) is 0 Å². The maximum atomic E-state index is 6.66. The molecule has 0 atom stereocenters. The van der Waals surface area contributed by atoms with Gasteiger partial charge in [0.1, 0.15) is 11.2 Å². The Hall–Kier alpha value is -7.24. The first kappa shape index (κ1) is 29.5. The predicted octanol–water partition coefficient (Wildman–Crippen LogP) is 12.4. The summed E-state index contributed by atoms with van der Waals surface area (Å²) in [6.07, 6.45) is 0. The molecule has 0 saturated carbocycles. The summed E-state index contributed by atoms with van der Waals surface area (Å²) in [7, 11) is 0. The number of hydrogen-bond donors (Lipinski definition) is 0. The summed E-state index contributed by atoms with van der Waals surface area (Å²) in [5.74, 6) is 1.88. The Balaban J connectivity index is 1.27. The van der Waals surface area contributed by atoms with Crippen LogP contribution in [0.3, 0.4) is 0 Å². The van der Waals surface area contributed by atoms with E-state index in [0.29, 0.717) is 17.5 Å². The van der Waals surface area contributed by atoms with E-state index in [0.717, 1.165) is 93.1 Å². The van der Waals surface area contributed by atoms with Crippen LogP contribution in [-0.4, -0.2) is 19.9 Å². The van der Waals surface area contributed by atoms with Gasteiger partial charge in [0.05, 0.1) is 11.2 Å². The summed E-state index contributed by atoms with van der Waals surface area (Å²) < 4.78 is 6.66. The van der Waals surface area contributed by atoms with Crippen molar-refractivity contribution in [2.75, 3.05) is 0 Å². The molecule has 0 bridgehead atoms. The molecular weight excluding hydrogens is 649 g/mol. The van der Waals surface area contributed by atoms with Crippen molar-refractivity contribution < 1.29 is 4.42 Å². The molecule has 0 fully saturated rings. The zero-order valence-electron chi connectivity index (χ0n) is 28.4. The van der Waals surface area contributed by atoms with Crippen LogP contribution in [0.1, 0.15) is 0 Å². The normalized spacial score (nSPS) is 11.8. The first-order valence-electron chi connectivity index (χ1n) is 17.7. The van der Waals surface area contributed by atoms with Crippen molar-refractivity contribution in [1.82, 2.24) is 19.9 Å². The molecule has 0 aliphatic heterocycles. The number of fused-ring (bicyclic) bond motifs is 9. The molecule has 5 heteroatoms. The molecule has 0 aliphatic carbocycles. The van der Waals surface area contributed by atoms with Gasteiger partial charge in [-0.1, -0.05) is 152 Å². The Kier molecular flexibility index (Phi) is 6.48. The second kappa shape index (κ2) is 11.7. The summed E-state index contributed by atoms with van der Waals surface area (Å²) in [5, 5.41) is 9.58. The topological polar surface area (TPSA) is 64.7 Å². The second-order valence-electron chi connectivity index (χ2n) is 13.3. The van der Waals surface area contributed by atoms with E-state index < -0.39 is 0 Å². The Labute approximate surface area is 303 Å². The lowest BCUT2D eigenvalue weighted by Gasteiger charge is -2.18. The Morgan fingerprint density at radius 1 is 0.321 bits per heavy atom. The van der Waals surface area contributed by atoms with E-state index in [4.69, 9.17) is 24.4 Å². The Morgan fingerprint density at radius 3 is 1.42 bits per heavy atom. The molecule has 11 aromatic rings. The zero-order chi connectivity index (χ0) is 34.9. The van der Waals surface area contributed by atoms with Gasteiger partial charge in [0.15, 0.2) is 17.5 Å². The van der Waals surface area contributed by atoms with Gasteiger partial charge < -0.3 is 4.42 Å². The summed E-state index contributed by atoms with van der Waals surface area (Å²) in [4.78, 5) is 20.8. The van der Waals surface area contributed by atoms with Crippen molar-refractivity contribution in [3.05, 3.63) is 170 Å². The van der Waals surface area contributed by atoms with Crippen LogP contribution in [0.2, 0.25) is 0 Å². The lowest BCUT2D eigenvalue weighted by molar-refractivity contribution is 0.673. The first-order valence-corrected chi connectivity index (χ1v) is 17.7. The Morgan fingerprint density at radius 2 is 0.792 bits per heavy atom. The minimum Gasteiger partial charge on any atom is -0.455 e.